The van der Waals surface area contributed by atoms with Gasteiger partial charge in [0.15, 0.2) is 6.10 Å². The average molecular weight is 791 g/mol. The third-order valence-corrected chi connectivity index (χ3v) is 9.23. The molecule has 2 saturated heterocycles. The second-order valence-electron chi connectivity index (χ2n) is 14.9. The fraction of sp³-hybridized carbons (Fsp3) is 0.622. The summed E-state index contributed by atoms with van der Waals surface area (Å²) in [6.07, 6.45) is -2.72. The van der Waals surface area contributed by atoms with Crippen molar-refractivity contribution in [2.24, 2.45) is 17.1 Å². The number of nitrogens with one attached hydrogen (secondary N) is 3. The topological polar surface area (TPSA) is 273 Å². The Bertz CT molecular complexity index is 1630. The van der Waals surface area contributed by atoms with Gasteiger partial charge in [-0.1, -0.05) is 40.2 Å². The number of aliphatic carboxylic acids is 1. The molecule has 2 fully saturated rings. The van der Waals surface area contributed by atoms with Crippen LogP contribution >= 0.6 is 0 Å². The van der Waals surface area contributed by atoms with Crippen molar-refractivity contribution in [3.63, 3.8) is 0 Å². The number of carbonyl (C=O) groups excluding carboxylic acids is 7. The summed E-state index contributed by atoms with van der Waals surface area (Å²) in [6, 6.07) is 3.49. The molecule has 0 aromatic heterocycles. The highest BCUT2D eigenvalue weighted by Gasteiger charge is 2.44. The van der Waals surface area contributed by atoms with Gasteiger partial charge in [-0.15, -0.1) is 0 Å². The zero-order chi connectivity index (χ0) is 41.7. The second-order valence-corrected chi connectivity index (χ2v) is 14.9. The zero-order valence-electron chi connectivity index (χ0n) is 32.5. The Hall–Kier alpha value is -5.30. The molecule has 0 aliphatic carbocycles. The van der Waals surface area contributed by atoms with E-state index in [0.29, 0.717) is 31.4 Å². The summed E-state index contributed by atoms with van der Waals surface area (Å²) in [4.78, 5) is 100. The standard InChI is InChI=1S/C37H54N6O13/c1-21(2)32(33(38)49)42(5)36(53)54-20-22-10-11-25(55-31-17-23(44)16-26(56-31)34(50)51)24(15-22)41-28(46)12-13-39-29(47)19-40-27(45)9-7-6-8-14-43-30(48)18-37(3,4)35(43)52/h10-11,15,21,23,26,31-32,44H,6-9,12-14,16-20H2,1-5H3,(H2,38,49)(H,39,47)(H,40,45)(H,41,46)(H,50,51)/t23-,26-,31+,32-/m0/s1. The third-order valence-electron chi connectivity index (χ3n) is 9.23. The molecule has 2 heterocycles. The van der Waals surface area contributed by atoms with Crippen LogP contribution < -0.4 is 26.4 Å². The van der Waals surface area contributed by atoms with Gasteiger partial charge in [0.1, 0.15) is 18.4 Å². The summed E-state index contributed by atoms with van der Waals surface area (Å²) >= 11 is 0. The van der Waals surface area contributed by atoms with Crippen LogP contribution in [0.1, 0.15) is 84.6 Å². The van der Waals surface area contributed by atoms with Gasteiger partial charge in [0.05, 0.1) is 23.8 Å². The monoisotopic (exact) mass is 790 g/mol. The molecule has 0 unspecified atom stereocenters. The van der Waals surface area contributed by atoms with Gasteiger partial charge in [-0.05, 0) is 36.5 Å². The second kappa shape index (κ2) is 20.6. The van der Waals surface area contributed by atoms with Crippen LogP contribution in [0.3, 0.4) is 0 Å². The molecule has 19 nitrogen and oxygen atoms in total. The number of rotatable bonds is 20. The normalized spacial score (nSPS) is 19.6. The van der Waals surface area contributed by atoms with Crippen molar-refractivity contribution in [2.75, 3.05) is 32.0 Å². The molecule has 0 spiro atoms. The van der Waals surface area contributed by atoms with Crippen molar-refractivity contribution >= 4 is 53.2 Å². The molecular formula is C37H54N6O13. The maximum atomic E-state index is 13.0. The van der Waals surface area contributed by atoms with Gasteiger partial charge >= 0.3 is 12.1 Å². The Balaban J connectivity index is 1.50. The van der Waals surface area contributed by atoms with Crippen LogP contribution in [-0.2, 0) is 49.6 Å². The number of benzene rings is 1. The van der Waals surface area contributed by atoms with E-state index in [4.69, 9.17) is 19.9 Å². The van der Waals surface area contributed by atoms with Crippen LogP contribution in [0.4, 0.5) is 10.5 Å². The molecule has 19 heteroatoms. The van der Waals surface area contributed by atoms with Gasteiger partial charge in [0.25, 0.3) is 0 Å². The number of amides is 7. The van der Waals surface area contributed by atoms with E-state index in [0.717, 1.165) is 4.90 Å². The lowest BCUT2D eigenvalue weighted by Crippen LogP contribution is -2.48. The molecule has 4 atom stereocenters. The number of anilines is 1. The molecule has 7 amide bonds. The molecule has 310 valence electrons. The fourth-order valence-electron chi connectivity index (χ4n) is 6.27. The number of carboxylic acid groups (broad SMARTS) is 1. The number of carboxylic acids is 1. The lowest BCUT2D eigenvalue weighted by molar-refractivity contribution is -0.195. The SMILES string of the molecule is CC(C)[C@@H](C(N)=O)N(C)C(=O)OCc1ccc(O[C@H]2C[C@@H](O)C[C@@H](C(=O)O)O2)c(NC(=O)CCNC(=O)CNC(=O)CCCCCN2C(=O)CC(C)(C)C2=O)c1. The number of hydrogen-bond donors (Lipinski definition) is 6. The molecule has 3 rings (SSSR count). The predicted octanol–water partition coefficient (Wildman–Crippen LogP) is 1.00. The van der Waals surface area contributed by atoms with Gasteiger partial charge in [0, 0.05) is 52.2 Å². The van der Waals surface area contributed by atoms with Gasteiger partial charge in [-0.25, -0.2) is 9.59 Å². The summed E-state index contributed by atoms with van der Waals surface area (Å²) < 4.78 is 16.7. The number of nitrogens with zero attached hydrogens (tertiary/aromatic N) is 2. The van der Waals surface area contributed by atoms with Crippen molar-refractivity contribution in [2.45, 2.75) is 110 Å². The number of nitrogens with two attached hydrogens (primary N) is 1. The third kappa shape index (κ3) is 13.5. The van der Waals surface area contributed by atoms with Crippen LogP contribution in [0.5, 0.6) is 5.75 Å². The predicted molar refractivity (Wildman–Crippen MR) is 197 cm³/mol. The Labute approximate surface area is 324 Å². The largest absolute Gasteiger partial charge is 0.479 e. The molecule has 2 aliphatic rings. The quantitative estimate of drug-likeness (QED) is 0.0796. The molecule has 1 aromatic rings. The number of aliphatic hydroxyl groups is 1. The van der Waals surface area contributed by atoms with Gasteiger partial charge < -0.3 is 46.1 Å². The Morgan fingerprint density at radius 1 is 1.02 bits per heavy atom. The van der Waals surface area contributed by atoms with E-state index in [9.17, 15) is 48.6 Å². The first-order valence-electron chi connectivity index (χ1n) is 18.5. The van der Waals surface area contributed by atoms with Crippen molar-refractivity contribution in [1.29, 1.82) is 0 Å². The number of aliphatic hydroxyl groups excluding tert-OH is 1. The summed E-state index contributed by atoms with van der Waals surface area (Å²) in [5.74, 6) is -4.05. The van der Waals surface area contributed by atoms with Crippen molar-refractivity contribution < 1.29 is 62.8 Å². The number of hydrogen-bond acceptors (Lipinski definition) is 12. The van der Waals surface area contributed by atoms with Crippen molar-refractivity contribution in [1.82, 2.24) is 20.4 Å². The summed E-state index contributed by atoms with van der Waals surface area (Å²) in [5, 5.41) is 27.3. The number of likely N-dealkylation sites (N-methyl/N-ethyl adjacent to an activating group) is 1. The molecule has 0 saturated carbocycles. The molecule has 0 radical (unpaired) electrons. The van der Waals surface area contributed by atoms with E-state index in [-0.39, 0.29) is 86.9 Å². The van der Waals surface area contributed by atoms with Gasteiger partial charge in [-0.2, -0.15) is 0 Å². The minimum atomic E-state index is -1.32. The fourth-order valence-corrected chi connectivity index (χ4v) is 6.27. The molecule has 7 N–H and O–H groups in total. The van der Waals surface area contributed by atoms with Gasteiger partial charge in [-0.3, -0.25) is 38.6 Å². The number of unbranched alkanes of at least 4 members (excludes halogenated alkanes) is 2. The first kappa shape index (κ1) is 45.1. The molecule has 0 bridgehead atoms. The Kier molecular flexibility index (Phi) is 16.6. The van der Waals surface area contributed by atoms with Crippen molar-refractivity contribution in [3.8, 4) is 5.75 Å². The number of imide groups is 1. The lowest BCUT2D eigenvalue weighted by atomic mass is 9.92. The maximum Gasteiger partial charge on any atom is 0.410 e. The molecular weight excluding hydrogens is 736 g/mol. The minimum absolute atomic E-state index is 0.0516. The highest BCUT2D eigenvalue weighted by atomic mass is 16.7. The van der Waals surface area contributed by atoms with Gasteiger partial charge in [0.2, 0.25) is 41.7 Å². The minimum Gasteiger partial charge on any atom is -0.479 e. The number of ether oxygens (including phenoxy) is 3. The van der Waals surface area contributed by atoms with Crippen LogP contribution in [0.2, 0.25) is 0 Å². The van der Waals surface area contributed by atoms with Crippen LogP contribution in [0, 0.1) is 11.3 Å². The summed E-state index contributed by atoms with van der Waals surface area (Å²) in [6.45, 7) is 6.53. The number of primary amides is 1. The summed E-state index contributed by atoms with van der Waals surface area (Å²) in [5.41, 5.74) is 5.24. The van der Waals surface area contributed by atoms with E-state index in [1.807, 2.05) is 0 Å². The van der Waals surface area contributed by atoms with Crippen LogP contribution in [0.25, 0.3) is 0 Å². The van der Waals surface area contributed by atoms with Crippen molar-refractivity contribution in [3.05, 3.63) is 23.8 Å². The zero-order valence-corrected chi connectivity index (χ0v) is 32.5. The summed E-state index contributed by atoms with van der Waals surface area (Å²) in [7, 11) is 1.38. The first-order chi connectivity index (χ1) is 26.3. The molecule has 56 heavy (non-hydrogen) atoms. The highest BCUT2D eigenvalue weighted by molar-refractivity contribution is 6.05. The number of likely N-dealkylation sites (tertiary alicyclic amines) is 1. The Morgan fingerprint density at radius 2 is 1.73 bits per heavy atom. The van der Waals surface area contributed by atoms with E-state index in [1.54, 1.807) is 27.7 Å². The van der Waals surface area contributed by atoms with E-state index in [1.165, 1.54) is 30.1 Å². The molecule has 2 aliphatic heterocycles. The van der Waals surface area contributed by atoms with E-state index >= 15 is 0 Å². The lowest BCUT2D eigenvalue weighted by Gasteiger charge is -2.31. The van der Waals surface area contributed by atoms with E-state index < -0.39 is 59.7 Å². The van der Waals surface area contributed by atoms with Crippen LogP contribution in [0.15, 0.2) is 18.2 Å². The number of carbonyl (C=O) groups is 8. The Morgan fingerprint density at radius 3 is 2.36 bits per heavy atom. The van der Waals surface area contributed by atoms with E-state index in [2.05, 4.69) is 16.0 Å². The maximum absolute atomic E-state index is 13.0. The average Bonchev–Trinajstić information content (AvgIpc) is 3.30. The first-order valence-corrected chi connectivity index (χ1v) is 18.5. The smallest absolute Gasteiger partial charge is 0.410 e. The molecule has 1 aromatic carbocycles. The highest BCUT2D eigenvalue weighted by Crippen LogP contribution is 2.32. The van der Waals surface area contributed by atoms with Crippen LogP contribution in [-0.4, -0.2) is 119 Å².